The lowest BCUT2D eigenvalue weighted by Gasteiger charge is -2.32. The van der Waals surface area contributed by atoms with E-state index in [0.717, 1.165) is 85.2 Å². The van der Waals surface area contributed by atoms with Gasteiger partial charge in [-0.25, -0.2) is 0 Å². The fraction of sp³-hybridized carbons (Fsp3) is 0.581. The van der Waals surface area contributed by atoms with Gasteiger partial charge in [0, 0.05) is 65.6 Å². The molecule has 3 aromatic carbocycles. The van der Waals surface area contributed by atoms with Crippen molar-refractivity contribution in [3.63, 3.8) is 0 Å². The van der Waals surface area contributed by atoms with Crippen molar-refractivity contribution >= 4 is 45.2 Å². The third-order valence-corrected chi connectivity index (χ3v) is 12.1. The molecule has 4 heterocycles. The zero-order valence-corrected chi connectivity index (χ0v) is 32.5. The molecule has 2 aromatic heterocycles. The van der Waals surface area contributed by atoms with Crippen LogP contribution in [0.4, 0.5) is 11.4 Å². The summed E-state index contributed by atoms with van der Waals surface area (Å²) in [5.74, 6) is 0.562. The molecular formula is C43H59N7S. The number of aromatic nitrogens is 5. The molecule has 5 aromatic rings. The molecule has 0 saturated carbocycles. The number of nitrogens with zero attached hydrogens (tertiary/aromatic N) is 7. The molecule has 272 valence electrons. The molecular weight excluding hydrogens is 647 g/mol. The van der Waals surface area contributed by atoms with Crippen molar-refractivity contribution in [3.05, 3.63) is 47.5 Å². The van der Waals surface area contributed by atoms with E-state index in [1.165, 1.54) is 122 Å². The van der Waals surface area contributed by atoms with E-state index in [2.05, 4.69) is 73.9 Å². The Bertz CT molecular complexity index is 1780. The zero-order valence-electron chi connectivity index (χ0n) is 31.7. The highest BCUT2D eigenvalue weighted by molar-refractivity contribution is 7.00. The summed E-state index contributed by atoms with van der Waals surface area (Å²) < 4.78 is 10.0. The van der Waals surface area contributed by atoms with Crippen LogP contribution in [0.25, 0.3) is 44.3 Å². The number of rotatable bonds is 17. The van der Waals surface area contributed by atoms with Crippen LogP contribution in [0.15, 0.2) is 36.4 Å². The van der Waals surface area contributed by atoms with Crippen LogP contribution in [0.3, 0.4) is 0 Å². The fourth-order valence-electron chi connectivity index (χ4n) is 8.62. The van der Waals surface area contributed by atoms with Crippen molar-refractivity contribution in [2.75, 3.05) is 36.0 Å². The minimum Gasteiger partial charge on any atom is -0.371 e. The molecule has 0 aliphatic carbocycles. The van der Waals surface area contributed by atoms with E-state index in [4.69, 9.17) is 18.9 Å². The Hall–Kier alpha value is -3.52. The smallest absolute Gasteiger partial charge is 0.165 e. The third-order valence-electron chi connectivity index (χ3n) is 11.5. The predicted molar refractivity (Wildman–Crippen MR) is 215 cm³/mol. The van der Waals surface area contributed by atoms with Gasteiger partial charge in [-0.3, -0.25) is 0 Å². The highest BCUT2D eigenvalue weighted by atomic mass is 32.1. The van der Waals surface area contributed by atoms with Gasteiger partial charge in [0.2, 0.25) is 0 Å². The molecule has 1 atom stereocenters. The average Bonchev–Trinajstić information content (AvgIpc) is 3.80. The molecule has 7 rings (SSSR count). The number of fused-ring (bicyclic) bond motifs is 4. The molecule has 7 nitrogen and oxygen atoms in total. The number of anilines is 2. The number of benzene rings is 3. The molecule has 0 N–H and O–H groups in total. The van der Waals surface area contributed by atoms with Gasteiger partial charge in [0.15, 0.2) is 6.54 Å². The van der Waals surface area contributed by atoms with Gasteiger partial charge in [-0.15, -0.1) is 0 Å². The van der Waals surface area contributed by atoms with Crippen molar-refractivity contribution in [2.45, 2.75) is 131 Å². The maximum atomic E-state index is 5.36. The van der Waals surface area contributed by atoms with Crippen LogP contribution in [-0.4, -0.2) is 40.0 Å². The highest BCUT2D eigenvalue weighted by Gasteiger charge is 2.26. The van der Waals surface area contributed by atoms with Crippen LogP contribution < -0.4 is 19.7 Å². The largest absolute Gasteiger partial charge is 0.371 e. The van der Waals surface area contributed by atoms with Crippen LogP contribution in [-0.2, 0) is 19.4 Å². The van der Waals surface area contributed by atoms with Crippen molar-refractivity contribution in [2.24, 2.45) is 5.92 Å². The highest BCUT2D eigenvalue weighted by Crippen LogP contribution is 2.43. The van der Waals surface area contributed by atoms with Crippen LogP contribution in [0, 0.1) is 5.92 Å². The lowest BCUT2D eigenvalue weighted by molar-refractivity contribution is -0.809. The van der Waals surface area contributed by atoms with Crippen LogP contribution in [0.2, 0.25) is 0 Å². The van der Waals surface area contributed by atoms with Crippen molar-refractivity contribution in [3.8, 4) is 22.3 Å². The molecule has 0 fully saturated rings. The lowest BCUT2D eigenvalue weighted by atomic mass is 9.91. The summed E-state index contributed by atoms with van der Waals surface area (Å²) in [6.07, 6.45) is 18.4. The molecule has 1 unspecified atom stereocenters. The van der Waals surface area contributed by atoms with Crippen LogP contribution in [0.5, 0.6) is 0 Å². The number of aryl methyl sites for hydroxylation is 2. The van der Waals surface area contributed by atoms with E-state index in [1.807, 2.05) is 4.80 Å². The normalized spacial score (nSPS) is 15.1. The van der Waals surface area contributed by atoms with Gasteiger partial charge in [-0.2, -0.15) is 23.7 Å². The molecule has 0 amide bonds. The molecule has 51 heavy (non-hydrogen) atoms. The Labute approximate surface area is 310 Å². The molecule has 0 radical (unpaired) electrons. The van der Waals surface area contributed by atoms with Gasteiger partial charge in [0.25, 0.3) is 0 Å². The van der Waals surface area contributed by atoms with Crippen LogP contribution >= 0.6 is 11.7 Å². The Morgan fingerprint density at radius 1 is 0.706 bits per heavy atom. The summed E-state index contributed by atoms with van der Waals surface area (Å²) in [4.78, 5) is 7.23. The summed E-state index contributed by atoms with van der Waals surface area (Å²) in [5, 5.41) is 10.7. The second-order valence-corrected chi connectivity index (χ2v) is 15.7. The predicted octanol–water partition coefficient (Wildman–Crippen LogP) is 10.3. The number of hydrogen-bond acceptors (Lipinski definition) is 6. The SMILES string of the molecule is CCCCCC(CC)C[n+]1nc2c(-c3ccc4c(c3)CCCN4CCCCC)c3nsnc3c(-c3ccc4c(c3)CCCN4CCCCC)c2[n-]1. The molecule has 0 bridgehead atoms. The van der Waals surface area contributed by atoms with E-state index in [0.29, 0.717) is 5.92 Å². The van der Waals surface area contributed by atoms with Crippen molar-refractivity contribution < 1.29 is 4.80 Å². The first-order valence-corrected chi connectivity index (χ1v) is 21.2. The number of unbranched alkanes of at least 4 members (excludes halogenated alkanes) is 6. The third kappa shape index (κ3) is 7.67. The van der Waals surface area contributed by atoms with Gasteiger partial charge in [-0.05, 0) is 97.9 Å². The summed E-state index contributed by atoms with van der Waals surface area (Å²) in [6.45, 7) is 14.6. The Balaban J connectivity index is 1.34. The maximum absolute atomic E-state index is 5.36. The summed E-state index contributed by atoms with van der Waals surface area (Å²) >= 11 is 1.32. The molecule has 2 aliphatic rings. The summed E-state index contributed by atoms with van der Waals surface area (Å²) in [7, 11) is 0. The number of hydrogen-bond donors (Lipinski definition) is 0. The van der Waals surface area contributed by atoms with Crippen LogP contribution in [0.1, 0.15) is 122 Å². The molecule has 0 spiro atoms. The average molecular weight is 706 g/mol. The van der Waals surface area contributed by atoms with Gasteiger partial charge in [-0.1, -0.05) is 84.8 Å². The second-order valence-electron chi connectivity index (χ2n) is 15.2. The van der Waals surface area contributed by atoms with E-state index in [9.17, 15) is 0 Å². The first-order valence-electron chi connectivity index (χ1n) is 20.4. The van der Waals surface area contributed by atoms with Gasteiger partial charge in [0.05, 0.1) is 11.7 Å². The van der Waals surface area contributed by atoms with Crippen molar-refractivity contribution in [1.82, 2.24) is 18.9 Å². The van der Waals surface area contributed by atoms with Crippen molar-refractivity contribution in [1.29, 1.82) is 0 Å². The van der Waals surface area contributed by atoms with E-state index in [-0.39, 0.29) is 0 Å². The quantitative estimate of drug-likeness (QED) is 0.0709. The first kappa shape index (κ1) is 35.9. The summed E-state index contributed by atoms with van der Waals surface area (Å²) in [6, 6.07) is 14.2. The van der Waals surface area contributed by atoms with E-state index < -0.39 is 0 Å². The Morgan fingerprint density at radius 3 is 1.86 bits per heavy atom. The Morgan fingerprint density at radius 2 is 1.27 bits per heavy atom. The molecule has 8 heteroatoms. The van der Waals surface area contributed by atoms with Gasteiger partial charge in [0.1, 0.15) is 11.0 Å². The monoisotopic (exact) mass is 705 g/mol. The molecule has 0 saturated heterocycles. The Kier molecular flexibility index (Phi) is 11.9. The minimum absolute atomic E-state index is 0.562. The second kappa shape index (κ2) is 16.9. The van der Waals surface area contributed by atoms with E-state index >= 15 is 0 Å². The first-order chi connectivity index (χ1) is 25.1. The maximum Gasteiger partial charge on any atom is 0.165 e. The topological polar surface area (TPSA) is 63.1 Å². The molecule has 2 aliphatic heterocycles. The zero-order chi connectivity index (χ0) is 35.2. The minimum atomic E-state index is 0.562. The van der Waals surface area contributed by atoms with Gasteiger partial charge >= 0.3 is 0 Å². The summed E-state index contributed by atoms with van der Waals surface area (Å²) in [5.41, 5.74) is 14.1. The van der Waals surface area contributed by atoms with Gasteiger partial charge < -0.3 is 9.80 Å². The lowest BCUT2D eigenvalue weighted by Crippen LogP contribution is -2.43. The standard InChI is InChI=1S/C43H59N7S/c1-5-9-12-17-31(8-4)30-50-44-40-38(34-20-22-36-32(28-34)18-15-26-48(36)24-13-10-6-2)42-43(47-51-46-42)39(41(40)45-50)35-21-23-37-33(29-35)19-16-27-49(37)25-14-11-7-3/h20-23,28-29,31H,5-19,24-27,30H2,1-4H3. The van der Waals surface area contributed by atoms with E-state index in [1.54, 1.807) is 0 Å². The fourth-order valence-corrected chi connectivity index (χ4v) is 9.18.